The maximum atomic E-state index is 12.5. The van der Waals surface area contributed by atoms with Gasteiger partial charge >= 0.3 is 0 Å². The summed E-state index contributed by atoms with van der Waals surface area (Å²) in [5.41, 5.74) is 2.93. The number of para-hydroxylation sites is 1. The summed E-state index contributed by atoms with van der Waals surface area (Å²) in [6, 6.07) is 17.8. The van der Waals surface area contributed by atoms with Gasteiger partial charge in [0, 0.05) is 17.1 Å². The summed E-state index contributed by atoms with van der Waals surface area (Å²) in [6.07, 6.45) is 3.73. The third-order valence-corrected chi connectivity index (χ3v) is 4.61. The Hall–Kier alpha value is -3.19. The Kier molecular flexibility index (Phi) is 5.11. The summed E-state index contributed by atoms with van der Waals surface area (Å²) < 4.78 is 1.81. The highest BCUT2D eigenvalue weighted by Gasteiger charge is 2.18. The SMILES string of the molecule is O=C(Nc1cccc(Nc2ccccc2)c1)c1cn(C2CCNCC2)nn1. The van der Waals surface area contributed by atoms with E-state index in [1.807, 2.05) is 59.3 Å². The number of hydrogen-bond acceptors (Lipinski definition) is 5. The van der Waals surface area contributed by atoms with E-state index in [2.05, 4.69) is 26.3 Å². The first-order chi connectivity index (χ1) is 13.3. The van der Waals surface area contributed by atoms with Crippen molar-refractivity contribution in [2.75, 3.05) is 23.7 Å². The number of rotatable bonds is 5. The molecule has 7 heteroatoms. The zero-order chi connectivity index (χ0) is 18.5. The Labute approximate surface area is 157 Å². The normalized spacial score (nSPS) is 14.7. The zero-order valence-corrected chi connectivity index (χ0v) is 14.9. The van der Waals surface area contributed by atoms with Crippen LogP contribution in [0.4, 0.5) is 17.1 Å². The molecular weight excluding hydrogens is 340 g/mol. The average Bonchev–Trinajstić information content (AvgIpc) is 3.20. The molecule has 4 rings (SSSR count). The summed E-state index contributed by atoms with van der Waals surface area (Å²) in [4.78, 5) is 12.5. The van der Waals surface area contributed by atoms with Crippen molar-refractivity contribution in [2.45, 2.75) is 18.9 Å². The molecule has 0 bridgehead atoms. The molecule has 0 spiro atoms. The van der Waals surface area contributed by atoms with Gasteiger partial charge in [-0.25, -0.2) is 4.68 Å². The average molecular weight is 362 g/mol. The number of hydrogen-bond donors (Lipinski definition) is 3. The van der Waals surface area contributed by atoms with Crippen molar-refractivity contribution >= 4 is 23.0 Å². The van der Waals surface area contributed by atoms with Crippen LogP contribution in [0.25, 0.3) is 0 Å². The minimum Gasteiger partial charge on any atom is -0.355 e. The maximum absolute atomic E-state index is 12.5. The Bertz CT molecular complexity index is 902. The quantitative estimate of drug-likeness (QED) is 0.649. The van der Waals surface area contributed by atoms with E-state index >= 15 is 0 Å². The van der Waals surface area contributed by atoms with Crippen LogP contribution in [0.3, 0.4) is 0 Å². The molecule has 0 unspecified atom stereocenters. The van der Waals surface area contributed by atoms with E-state index in [1.165, 1.54) is 0 Å². The first-order valence-corrected chi connectivity index (χ1v) is 9.14. The van der Waals surface area contributed by atoms with E-state index in [0.717, 1.165) is 37.3 Å². The maximum Gasteiger partial charge on any atom is 0.277 e. The molecular formula is C20H22N6O. The molecule has 1 aliphatic heterocycles. The van der Waals surface area contributed by atoms with Crippen molar-refractivity contribution < 1.29 is 4.79 Å². The standard InChI is InChI=1S/C20H22N6O/c27-20(19-14-26(25-24-19)18-9-11-21-12-10-18)23-17-8-4-7-16(13-17)22-15-5-2-1-3-6-15/h1-8,13-14,18,21-22H,9-12H2,(H,23,27). The van der Waals surface area contributed by atoms with Gasteiger partial charge in [-0.05, 0) is 56.3 Å². The number of nitrogens with one attached hydrogen (secondary N) is 3. The highest BCUT2D eigenvalue weighted by molar-refractivity contribution is 6.02. The number of amides is 1. The molecule has 0 radical (unpaired) electrons. The van der Waals surface area contributed by atoms with Crippen molar-refractivity contribution in [3.8, 4) is 0 Å². The van der Waals surface area contributed by atoms with E-state index in [9.17, 15) is 4.79 Å². The Morgan fingerprint density at radius 2 is 1.74 bits per heavy atom. The van der Waals surface area contributed by atoms with Gasteiger partial charge in [-0.2, -0.15) is 0 Å². The summed E-state index contributed by atoms with van der Waals surface area (Å²) >= 11 is 0. The van der Waals surface area contributed by atoms with Crippen molar-refractivity contribution in [2.24, 2.45) is 0 Å². The number of anilines is 3. The van der Waals surface area contributed by atoms with Gasteiger partial charge in [-0.15, -0.1) is 5.10 Å². The molecule has 3 aromatic rings. The van der Waals surface area contributed by atoms with Gasteiger partial charge in [-0.1, -0.05) is 29.5 Å². The van der Waals surface area contributed by atoms with Gasteiger partial charge in [0.1, 0.15) is 0 Å². The third-order valence-electron chi connectivity index (χ3n) is 4.61. The van der Waals surface area contributed by atoms with Gasteiger partial charge < -0.3 is 16.0 Å². The van der Waals surface area contributed by atoms with Crippen LogP contribution in [0.2, 0.25) is 0 Å². The topological polar surface area (TPSA) is 83.9 Å². The van der Waals surface area contributed by atoms with Crippen LogP contribution >= 0.6 is 0 Å². The van der Waals surface area contributed by atoms with Crippen molar-refractivity contribution in [1.82, 2.24) is 20.3 Å². The Balaban J connectivity index is 1.42. The third kappa shape index (κ3) is 4.32. The number of piperidine rings is 1. The number of carbonyl (C=O) groups excluding carboxylic acids is 1. The Morgan fingerprint density at radius 1 is 1.00 bits per heavy atom. The molecule has 27 heavy (non-hydrogen) atoms. The summed E-state index contributed by atoms with van der Waals surface area (Å²) in [5.74, 6) is -0.257. The molecule has 2 aromatic carbocycles. The van der Waals surface area contributed by atoms with Gasteiger partial charge in [-0.3, -0.25) is 4.79 Å². The highest BCUT2D eigenvalue weighted by atomic mass is 16.2. The van der Waals surface area contributed by atoms with Crippen molar-refractivity contribution in [3.05, 3.63) is 66.5 Å². The summed E-state index contributed by atoms with van der Waals surface area (Å²) in [6.45, 7) is 1.93. The zero-order valence-electron chi connectivity index (χ0n) is 14.9. The minimum absolute atomic E-state index is 0.257. The van der Waals surface area contributed by atoms with Crippen LogP contribution in [-0.4, -0.2) is 34.0 Å². The lowest BCUT2D eigenvalue weighted by Gasteiger charge is -2.22. The number of aromatic nitrogens is 3. The second-order valence-corrected chi connectivity index (χ2v) is 6.59. The fourth-order valence-corrected chi connectivity index (χ4v) is 3.19. The van der Waals surface area contributed by atoms with Gasteiger partial charge in [0.25, 0.3) is 5.91 Å². The van der Waals surface area contributed by atoms with E-state index in [0.29, 0.717) is 17.4 Å². The summed E-state index contributed by atoms with van der Waals surface area (Å²) in [5, 5.41) is 17.7. The lowest BCUT2D eigenvalue weighted by molar-refractivity contribution is 0.102. The number of carbonyl (C=O) groups is 1. The molecule has 1 amide bonds. The number of benzene rings is 2. The largest absolute Gasteiger partial charge is 0.355 e. The second kappa shape index (κ2) is 8.01. The molecule has 0 atom stereocenters. The van der Waals surface area contributed by atoms with Crippen LogP contribution in [0.1, 0.15) is 29.4 Å². The lowest BCUT2D eigenvalue weighted by Crippen LogP contribution is -2.29. The molecule has 1 aromatic heterocycles. The molecule has 1 saturated heterocycles. The minimum atomic E-state index is -0.257. The fraction of sp³-hybridized carbons (Fsp3) is 0.250. The lowest BCUT2D eigenvalue weighted by atomic mass is 10.1. The predicted octanol–water partition coefficient (Wildman–Crippen LogP) is 3.20. The smallest absolute Gasteiger partial charge is 0.277 e. The van der Waals surface area contributed by atoms with E-state index in [4.69, 9.17) is 0 Å². The highest BCUT2D eigenvalue weighted by Crippen LogP contribution is 2.21. The van der Waals surface area contributed by atoms with Crippen molar-refractivity contribution in [3.63, 3.8) is 0 Å². The molecule has 138 valence electrons. The van der Waals surface area contributed by atoms with Gasteiger partial charge in [0.2, 0.25) is 0 Å². The molecule has 7 nitrogen and oxygen atoms in total. The van der Waals surface area contributed by atoms with Crippen LogP contribution in [0.15, 0.2) is 60.8 Å². The van der Waals surface area contributed by atoms with E-state index in [-0.39, 0.29) is 5.91 Å². The van der Waals surface area contributed by atoms with Crippen LogP contribution in [0.5, 0.6) is 0 Å². The summed E-state index contributed by atoms with van der Waals surface area (Å²) in [7, 11) is 0. The van der Waals surface area contributed by atoms with Crippen LogP contribution < -0.4 is 16.0 Å². The second-order valence-electron chi connectivity index (χ2n) is 6.59. The monoisotopic (exact) mass is 362 g/mol. The fourth-order valence-electron chi connectivity index (χ4n) is 3.19. The van der Waals surface area contributed by atoms with E-state index in [1.54, 1.807) is 6.20 Å². The molecule has 1 aliphatic rings. The number of nitrogens with zero attached hydrogens (tertiary/aromatic N) is 3. The molecule has 2 heterocycles. The molecule has 3 N–H and O–H groups in total. The van der Waals surface area contributed by atoms with Crippen LogP contribution in [-0.2, 0) is 0 Å². The van der Waals surface area contributed by atoms with Gasteiger partial charge in [0.15, 0.2) is 5.69 Å². The Morgan fingerprint density at radius 3 is 2.56 bits per heavy atom. The van der Waals surface area contributed by atoms with E-state index < -0.39 is 0 Å². The first kappa shape index (κ1) is 17.2. The van der Waals surface area contributed by atoms with Crippen LogP contribution in [0, 0.1) is 0 Å². The molecule has 0 saturated carbocycles. The van der Waals surface area contributed by atoms with Crippen molar-refractivity contribution in [1.29, 1.82) is 0 Å². The molecule has 0 aliphatic carbocycles. The first-order valence-electron chi connectivity index (χ1n) is 9.14. The molecule has 1 fully saturated rings. The van der Waals surface area contributed by atoms with Gasteiger partial charge in [0.05, 0.1) is 12.2 Å². The predicted molar refractivity (Wildman–Crippen MR) is 105 cm³/mol.